The number of unbranched alkanes of at least 4 members (excludes halogenated alkanes) is 22. The summed E-state index contributed by atoms with van der Waals surface area (Å²) in [7, 11) is 1.21. The highest BCUT2D eigenvalue weighted by Gasteiger charge is 2.23. The van der Waals surface area contributed by atoms with Gasteiger partial charge in [0.1, 0.15) is 13.2 Å². The van der Waals surface area contributed by atoms with Crippen LogP contribution in [0.4, 0.5) is 0 Å². The lowest BCUT2D eigenvalue weighted by atomic mass is 10.0. The molecule has 0 aliphatic heterocycles. The Bertz CT molecular complexity index is 1330. The lowest BCUT2D eigenvalue weighted by Crippen LogP contribution is -2.45. The molecule has 2 N–H and O–H groups in total. The van der Waals surface area contributed by atoms with E-state index in [1.54, 1.807) is 6.08 Å². The molecule has 0 saturated carbocycles. The van der Waals surface area contributed by atoms with Gasteiger partial charge < -0.3 is 28.8 Å². The zero-order valence-electron chi connectivity index (χ0n) is 42.7. The van der Waals surface area contributed by atoms with Gasteiger partial charge in [-0.05, 0) is 83.5 Å². The van der Waals surface area contributed by atoms with Crippen molar-refractivity contribution in [3.05, 3.63) is 85.1 Å². The maximum absolute atomic E-state index is 12.9. The minimum Gasteiger partial charge on any atom is -0.756 e. The van der Waals surface area contributed by atoms with E-state index in [0.717, 1.165) is 89.9 Å². The molecule has 0 aliphatic carbocycles. The summed E-state index contributed by atoms with van der Waals surface area (Å²) >= 11 is 0. The van der Waals surface area contributed by atoms with Crippen molar-refractivity contribution in [2.24, 2.45) is 0 Å². The van der Waals surface area contributed by atoms with Crippen LogP contribution < -0.4 is 10.2 Å². The molecule has 0 aromatic rings. The van der Waals surface area contributed by atoms with Gasteiger partial charge in [-0.25, -0.2) is 0 Å². The number of carbonyl (C=O) groups excluding carboxylic acids is 1. The van der Waals surface area contributed by atoms with E-state index in [1.807, 2.05) is 27.2 Å². The monoisotopic (exact) mass is 929 g/mol. The SMILES string of the molecule is CC/C=C\C/C=C\C/C=C\C/C=C\CCCCCCCCC(=O)NC(COP(=O)([O-])OCC[N+](C)(C)C)C(O)/C=C/CC/C=C/CC/C=C/CCCCCCCCCCCCCCCC. The zero-order valence-corrected chi connectivity index (χ0v) is 43.6. The summed E-state index contributed by atoms with van der Waals surface area (Å²) in [6.07, 6.45) is 65.1. The second kappa shape index (κ2) is 46.8. The molecule has 0 spiro atoms. The van der Waals surface area contributed by atoms with Gasteiger partial charge in [-0.3, -0.25) is 9.36 Å². The van der Waals surface area contributed by atoms with E-state index in [0.29, 0.717) is 17.4 Å². The summed E-state index contributed by atoms with van der Waals surface area (Å²) in [5.41, 5.74) is 0. The minimum absolute atomic E-state index is 0.0163. The third-order valence-corrected chi connectivity index (χ3v) is 12.3. The second-order valence-electron chi connectivity index (χ2n) is 18.8. The van der Waals surface area contributed by atoms with Crippen molar-refractivity contribution in [2.75, 3.05) is 40.9 Å². The third-order valence-electron chi connectivity index (χ3n) is 11.3. The first-order chi connectivity index (χ1) is 31.5. The maximum Gasteiger partial charge on any atom is 0.268 e. The number of nitrogens with one attached hydrogen (secondary N) is 1. The summed E-state index contributed by atoms with van der Waals surface area (Å²) in [4.78, 5) is 25.4. The van der Waals surface area contributed by atoms with E-state index in [9.17, 15) is 19.4 Å². The van der Waals surface area contributed by atoms with Gasteiger partial charge in [0.15, 0.2) is 0 Å². The van der Waals surface area contributed by atoms with Crippen LogP contribution >= 0.6 is 7.82 Å². The number of hydrogen-bond acceptors (Lipinski definition) is 6. The van der Waals surface area contributed by atoms with Crippen LogP contribution in [0, 0.1) is 0 Å². The van der Waals surface area contributed by atoms with Crippen molar-refractivity contribution in [3.63, 3.8) is 0 Å². The van der Waals surface area contributed by atoms with Crippen LogP contribution in [0.15, 0.2) is 85.1 Å². The summed E-state index contributed by atoms with van der Waals surface area (Å²) in [5, 5.41) is 13.8. The fourth-order valence-electron chi connectivity index (χ4n) is 7.18. The number of quaternary nitrogens is 1. The quantitative estimate of drug-likeness (QED) is 0.0272. The predicted octanol–water partition coefficient (Wildman–Crippen LogP) is 15.1. The molecule has 0 bridgehead atoms. The summed E-state index contributed by atoms with van der Waals surface area (Å²) in [6, 6.07) is -0.923. The molecule has 9 heteroatoms. The molecular weight excluding hydrogens is 828 g/mol. The highest BCUT2D eigenvalue weighted by atomic mass is 31.2. The van der Waals surface area contributed by atoms with Gasteiger partial charge in [0, 0.05) is 6.42 Å². The number of phosphoric ester groups is 1. The van der Waals surface area contributed by atoms with E-state index in [1.165, 1.54) is 103 Å². The molecule has 0 heterocycles. The first kappa shape index (κ1) is 62.7. The molecule has 3 atom stereocenters. The number of amides is 1. The lowest BCUT2D eigenvalue weighted by molar-refractivity contribution is -0.870. The van der Waals surface area contributed by atoms with Crippen LogP contribution in [0.2, 0.25) is 0 Å². The lowest BCUT2D eigenvalue weighted by Gasteiger charge is -2.29. The van der Waals surface area contributed by atoms with Crippen LogP contribution in [-0.2, 0) is 18.4 Å². The molecule has 3 unspecified atom stereocenters. The van der Waals surface area contributed by atoms with E-state index >= 15 is 0 Å². The Morgan fingerprint density at radius 2 is 0.954 bits per heavy atom. The highest BCUT2D eigenvalue weighted by molar-refractivity contribution is 7.45. The van der Waals surface area contributed by atoms with Crippen molar-refractivity contribution in [3.8, 4) is 0 Å². The van der Waals surface area contributed by atoms with Crippen molar-refractivity contribution >= 4 is 13.7 Å². The Morgan fingerprint density at radius 3 is 1.43 bits per heavy atom. The summed E-state index contributed by atoms with van der Waals surface area (Å²) in [6.45, 7) is 4.49. The number of rotatable bonds is 47. The smallest absolute Gasteiger partial charge is 0.268 e. The van der Waals surface area contributed by atoms with Crippen molar-refractivity contribution in [1.82, 2.24) is 5.32 Å². The van der Waals surface area contributed by atoms with Gasteiger partial charge in [-0.1, -0.05) is 208 Å². The molecule has 0 radical (unpaired) electrons. The number of hydrogen-bond donors (Lipinski definition) is 2. The molecule has 0 aliphatic rings. The Morgan fingerprint density at radius 1 is 0.554 bits per heavy atom. The predicted molar refractivity (Wildman–Crippen MR) is 279 cm³/mol. The molecule has 0 aromatic carbocycles. The van der Waals surface area contributed by atoms with Gasteiger partial charge in [0.2, 0.25) is 5.91 Å². The normalized spacial score (nSPS) is 14.8. The number of aliphatic hydroxyl groups is 1. The largest absolute Gasteiger partial charge is 0.756 e. The maximum atomic E-state index is 12.9. The van der Waals surface area contributed by atoms with Crippen molar-refractivity contribution < 1.29 is 32.9 Å². The van der Waals surface area contributed by atoms with Crippen LogP contribution in [-0.4, -0.2) is 68.5 Å². The fraction of sp³-hybridized carbons (Fsp3) is 0.732. The van der Waals surface area contributed by atoms with E-state index < -0.39 is 26.6 Å². The molecule has 8 nitrogen and oxygen atoms in total. The van der Waals surface area contributed by atoms with Gasteiger partial charge in [-0.15, -0.1) is 0 Å². The molecule has 0 fully saturated rings. The molecule has 376 valence electrons. The van der Waals surface area contributed by atoms with Gasteiger partial charge in [0.25, 0.3) is 7.82 Å². The van der Waals surface area contributed by atoms with E-state index in [2.05, 4.69) is 92.1 Å². The molecule has 65 heavy (non-hydrogen) atoms. The minimum atomic E-state index is -4.62. The number of carbonyl (C=O) groups is 1. The Kier molecular flexibility index (Phi) is 45.1. The number of phosphoric acid groups is 1. The number of likely N-dealkylation sites (N-methyl/N-ethyl adjacent to an activating group) is 1. The topological polar surface area (TPSA) is 108 Å². The molecule has 0 aromatic heterocycles. The second-order valence-corrected chi connectivity index (χ2v) is 20.2. The van der Waals surface area contributed by atoms with Gasteiger partial charge >= 0.3 is 0 Å². The number of nitrogens with zero attached hydrogens (tertiary/aromatic N) is 1. The number of aliphatic hydroxyl groups excluding tert-OH is 1. The average molecular weight is 929 g/mol. The van der Waals surface area contributed by atoms with Crippen LogP contribution in [0.5, 0.6) is 0 Å². The van der Waals surface area contributed by atoms with Crippen LogP contribution in [0.3, 0.4) is 0 Å². The third kappa shape index (κ3) is 49.4. The first-order valence-corrected chi connectivity index (χ1v) is 27.9. The van der Waals surface area contributed by atoms with Gasteiger partial charge in [-0.2, -0.15) is 0 Å². The van der Waals surface area contributed by atoms with Crippen molar-refractivity contribution in [1.29, 1.82) is 0 Å². The van der Waals surface area contributed by atoms with E-state index in [4.69, 9.17) is 9.05 Å². The fourth-order valence-corrected chi connectivity index (χ4v) is 7.90. The van der Waals surface area contributed by atoms with Gasteiger partial charge in [0.05, 0.1) is 39.9 Å². The van der Waals surface area contributed by atoms with E-state index in [-0.39, 0.29) is 12.5 Å². The molecule has 0 rings (SSSR count). The summed E-state index contributed by atoms with van der Waals surface area (Å²) in [5.74, 6) is -0.228. The molecule has 0 saturated heterocycles. The Balaban J connectivity index is 4.40. The average Bonchev–Trinajstić information content (AvgIpc) is 3.26. The Labute approximate surface area is 401 Å². The van der Waals surface area contributed by atoms with Crippen LogP contribution in [0.1, 0.15) is 213 Å². The Hall–Kier alpha value is -2.32. The number of allylic oxidation sites excluding steroid dienone is 13. The highest BCUT2D eigenvalue weighted by Crippen LogP contribution is 2.38. The standard InChI is InChI=1S/C56H101N2O6P/c1-6-8-10-12-14-16-18-20-22-24-26-27-28-29-30-32-33-35-37-39-41-43-45-47-49-55(59)54(53-64-65(61,62)63-52-51-58(3,4)5)57-56(60)50-48-46-44-42-40-38-36-34-31-25-23-21-19-17-15-13-11-9-7-2/h9,11,15,17,21,23,31-34,39,41,47,49,54-55,59H,6-8,10,12-14,16,18-20,22,24-30,35-38,40,42-46,48,50-53H2,1-5H3,(H-,57,60,61,62)/b11-9-,17-15-,23-21-,33-32+,34-31-,41-39+,49-47+. The first-order valence-electron chi connectivity index (χ1n) is 26.4. The summed E-state index contributed by atoms with van der Waals surface area (Å²) < 4.78 is 23.3. The zero-order chi connectivity index (χ0) is 47.8. The van der Waals surface area contributed by atoms with Crippen LogP contribution in [0.25, 0.3) is 0 Å². The van der Waals surface area contributed by atoms with Crippen molar-refractivity contribution in [2.45, 2.75) is 225 Å². The molecular formula is C56H101N2O6P. The molecule has 1 amide bonds.